The Balaban J connectivity index is 1.71. The summed E-state index contributed by atoms with van der Waals surface area (Å²) in [5.41, 5.74) is 6.30. The fourth-order valence-corrected chi connectivity index (χ4v) is 3.05. The Morgan fingerprint density at radius 2 is 1.71 bits per heavy atom. The van der Waals surface area contributed by atoms with Gasteiger partial charge in [-0.1, -0.05) is 29.8 Å². The van der Waals surface area contributed by atoms with Crippen molar-refractivity contribution in [2.75, 3.05) is 10.6 Å². The van der Waals surface area contributed by atoms with Gasteiger partial charge in [0.1, 0.15) is 0 Å². The SMILES string of the molecule is Cc1ccc(NC(=S)Nc2cccc3c2CCCC3)cc1. The van der Waals surface area contributed by atoms with Gasteiger partial charge < -0.3 is 10.6 Å². The van der Waals surface area contributed by atoms with E-state index in [2.05, 4.69) is 47.9 Å². The second-order valence-corrected chi connectivity index (χ2v) is 6.00. The highest BCUT2D eigenvalue weighted by Crippen LogP contribution is 2.27. The van der Waals surface area contributed by atoms with Crippen molar-refractivity contribution in [3.63, 3.8) is 0 Å². The quantitative estimate of drug-likeness (QED) is 0.787. The molecular formula is C18H20N2S. The normalized spacial score (nSPS) is 13.4. The van der Waals surface area contributed by atoms with E-state index in [0.29, 0.717) is 5.11 Å². The number of hydrogen-bond acceptors (Lipinski definition) is 1. The molecule has 3 heteroatoms. The number of benzene rings is 2. The molecule has 21 heavy (non-hydrogen) atoms. The van der Waals surface area contributed by atoms with E-state index in [-0.39, 0.29) is 0 Å². The molecule has 1 aliphatic rings. The van der Waals surface area contributed by atoms with Crippen LogP contribution in [-0.4, -0.2) is 5.11 Å². The Kier molecular flexibility index (Phi) is 4.20. The maximum Gasteiger partial charge on any atom is 0.175 e. The van der Waals surface area contributed by atoms with Gasteiger partial charge in [0.05, 0.1) is 0 Å². The van der Waals surface area contributed by atoms with E-state index in [4.69, 9.17) is 12.2 Å². The van der Waals surface area contributed by atoms with Crippen LogP contribution in [0, 0.1) is 6.92 Å². The fraction of sp³-hybridized carbons (Fsp3) is 0.278. The number of fused-ring (bicyclic) bond motifs is 1. The molecule has 0 saturated carbocycles. The predicted molar refractivity (Wildman–Crippen MR) is 94.1 cm³/mol. The van der Waals surface area contributed by atoms with Crippen LogP contribution in [0.5, 0.6) is 0 Å². The molecule has 2 N–H and O–H groups in total. The van der Waals surface area contributed by atoms with Crippen molar-refractivity contribution < 1.29 is 0 Å². The molecule has 0 radical (unpaired) electrons. The highest BCUT2D eigenvalue weighted by Gasteiger charge is 2.13. The summed E-state index contributed by atoms with van der Waals surface area (Å²) >= 11 is 5.43. The smallest absolute Gasteiger partial charge is 0.175 e. The lowest BCUT2D eigenvalue weighted by atomic mass is 9.90. The molecule has 0 aliphatic heterocycles. The monoisotopic (exact) mass is 296 g/mol. The molecule has 0 saturated heterocycles. The molecule has 0 unspecified atom stereocenters. The van der Waals surface area contributed by atoms with Crippen molar-refractivity contribution in [2.45, 2.75) is 32.6 Å². The number of anilines is 2. The van der Waals surface area contributed by atoms with Gasteiger partial charge in [-0.3, -0.25) is 0 Å². The number of nitrogens with one attached hydrogen (secondary N) is 2. The molecule has 2 aromatic rings. The van der Waals surface area contributed by atoms with E-state index in [9.17, 15) is 0 Å². The topological polar surface area (TPSA) is 24.1 Å². The lowest BCUT2D eigenvalue weighted by molar-refractivity contribution is 0.687. The van der Waals surface area contributed by atoms with Crippen LogP contribution in [-0.2, 0) is 12.8 Å². The van der Waals surface area contributed by atoms with Gasteiger partial charge in [-0.15, -0.1) is 0 Å². The van der Waals surface area contributed by atoms with Gasteiger partial charge in [-0.2, -0.15) is 0 Å². The van der Waals surface area contributed by atoms with E-state index >= 15 is 0 Å². The lowest BCUT2D eigenvalue weighted by Crippen LogP contribution is -2.20. The van der Waals surface area contributed by atoms with Crippen molar-refractivity contribution >= 4 is 28.7 Å². The summed E-state index contributed by atoms with van der Waals surface area (Å²) in [6.07, 6.45) is 4.89. The highest BCUT2D eigenvalue weighted by atomic mass is 32.1. The molecule has 0 spiro atoms. The summed E-state index contributed by atoms with van der Waals surface area (Å²) in [5, 5.41) is 7.25. The van der Waals surface area contributed by atoms with Gasteiger partial charge in [-0.05, 0) is 74.2 Å². The minimum atomic E-state index is 0.651. The first-order valence-electron chi connectivity index (χ1n) is 7.48. The first-order valence-corrected chi connectivity index (χ1v) is 7.88. The average molecular weight is 296 g/mol. The molecule has 0 aromatic heterocycles. The van der Waals surface area contributed by atoms with Gasteiger partial charge in [-0.25, -0.2) is 0 Å². The zero-order valence-electron chi connectivity index (χ0n) is 12.3. The van der Waals surface area contributed by atoms with Crippen molar-refractivity contribution in [1.82, 2.24) is 0 Å². The van der Waals surface area contributed by atoms with Crippen molar-refractivity contribution in [2.24, 2.45) is 0 Å². The van der Waals surface area contributed by atoms with Crippen LogP contribution >= 0.6 is 12.2 Å². The number of aryl methyl sites for hydroxylation is 2. The first kappa shape index (κ1) is 14.1. The molecule has 108 valence electrons. The zero-order valence-corrected chi connectivity index (χ0v) is 13.1. The van der Waals surface area contributed by atoms with Crippen molar-refractivity contribution in [3.05, 3.63) is 59.2 Å². The van der Waals surface area contributed by atoms with Crippen molar-refractivity contribution in [3.8, 4) is 0 Å². The second kappa shape index (κ2) is 6.27. The second-order valence-electron chi connectivity index (χ2n) is 5.60. The molecule has 0 bridgehead atoms. The van der Waals surface area contributed by atoms with Crippen LogP contribution in [0.1, 0.15) is 29.5 Å². The minimum absolute atomic E-state index is 0.651. The molecule has 0 amide bonds. The van der Waals surface area contributed by atoms with Gasteiger partial charge in [0.25, 0.3) is 0 Å². The van der Waals surface area contributed by atoms with Gasteiger partial charge in [0.2, 0.25) is 0 Å². The summed E-state index contributed by atoms with van der Waals surface area (Å²) in [7, 11) is 0. The molecule has 2 aromatic carbocycles. The third-order valence-electron chi connectivity index (χ3n) is 3.95. The third kappa shape index (κ3) is 3.42. The van der Waals surface area contributed by atoms with E-state index < -0.39 is 0 Å². The molecule has 3 rings (SSSR count). The van der Waals surface area contributed by atoms with Gasteiger partial charge in [0, 0.05) is 11.4 Å². The lowest BCUT2D eigenvalue weighted by Gasteiger charge is -2.20. The highest BCUT2D eigenvalue weighted by molar-refractivity contribution is 7.80. The van der Waals surface area contributed by atoms with Crippen LogP contribution in [0.2, 0.25) is 0 Å². The zero-order chi connectivity index (χ0) is 14.7. The van der Waals surface area contributed by atoms with Crippen molar-refractivity contribution in [1.29, 1.82) is 0 Å². The Labute approximate surface area is 131 Å². The Hall–Kier alpha value is -1.87. The van der Waals surface area contributed by atoms with Crippen LogP contribution in [0.3, 0.4) is 0 Å². The maximum atomic E-state index is 5.43. The van der Waals surface area contributed by atoms with E-state index in [1.54, 1.807) is 0 Å². The summed E-state index contributed by atoms with van der Waals surface area (Å²) in [6, 6.07) is 14.7. The van der Waals surface area contributed by atoms with E-state index in [0.717, 1.165) is 17.8 Å². The molecule has 0 fully saturated rings. The molecule has 1 aliphatic carbocycles. The van der Waals surface area contributed by atoms with Gasteiger partial charge >= 0.3 is 0 Å². The molecule has 0 atom stereocenters. The fourth-order valence-electron chi connectivity index (χ4n) is 2.82. The summed E-state index contributed by atoms with van der Waals surface area (Å²) < 4.78 is 0. The summed E-state index contributed by atoms with van der Waals surface area (Å²) in [5.74, 6) is 0. The Bertz CT molecular complexity index is 647. The number of thiocarbonyl (C=S) groups is 1. The van der Waals surface area contributed by atoms with Crippen LogP contribution in [0.15, 0.2) is 42.5 Å². The first-order chi connectivity index (χ1) is 10.2. The third-order valence-corrected chi connectivity index (χ3v) is 4.16. The predicted octanol–water partition coefficient (Wildman–Crippen LogP) is 4.68. The van der Waals surface area contributed by atoms with Crippen LogP contribution < -0.4 is 10.6 Å². The Morgan fingerprint density at radius 3 is 2.52 bits per heavy atom. The largest absolute Gasteiger partial charge is 0.332 e. The maximum absolute atomic E-state index is 5.43. The van der Waals surface area contributed by atoms with Crippen LogP contribution in [0.25, 0.3) is 0 Å². The molecular weight excluding hydrogens is 276 g/mol. The summed E-state index contributed by atoms with van der Waals surface area (Å²) in [4.78, 5) is 0. The minimum Gasteiger partial charge on any atom is -0.332 e. The Morgan fingerprint density at radius 1 is 0.952 bits per heavy atom. The average Bonchev–Trinajstić information content (AvgIpc) is 2.50. The standard InChI is InChI=1S/C18H20N2S/c1-13-9-11-15(12-10-13)19-18(21)20-17-8-4-6-14-5-2-3-7-16(14)17/h4,6,8-12H,2-3,5,7H2,1H3,(H2,19,20,21). The van der Waals surface area contributed by atoms with Gasteiger partial charge in [0.15, 0.2) is 5.11 Å². The van der Waals surface area contributed by atoms with E-state index in [1.165, 1.54) is 36.0 Å². The van der Waals surface area contributed by atoms with E-state index in [1.807, 2.05) is 12.1 Å². The summed E-state index contributed by atoms with van der Waals surface area (Å²) in [6.45, 7) is 2.08. The molecule has 2 nitrogen and oxygen atoms in total. The van der Waals surface area contributed by atoms with Crippen LogP contribution in [0.4, 0.5) is 11.4 Å². The molecule has 0 heterocycles. The number of hydrogen-bond donors (Lipinski definition) is 2. The number of rotatable bonds is 2.